The molecular formula is C19H17F4N4O2S-. The number of nitrogens with one attached hydrogen (secondary N) is 2. The number of fused-ring (bicyclic) bond motifs is 1. The standard InChI is InChI=1S/C19H17F4N4O2S/c1-10-6-13(27-30(3)28)8-15-17(10)18(25-9-24-15)26-14-5-4-12(20)7-16(14)29-11(2)19(21,22)23/h4-9,11H,3H2,1-2H3,(H,27,28)(H,24,25,26)/q-1. The van der Waals surface area contributed by atoms with Crippen molar-refractivity contribution < 1.29 is 26.5 Å². The van der Waals surface area contributed by atoms with Gasteiger partial charge in [0.15, 0.2) is 6.10 Å². The van der Waals surface area contributed by atoms with Crippen molar-refractivity contribution in [2.75, 3.05) is 10.0 Å². The summed E-state index contributed by atoms with van der Waals surface area (Å²) in [5.41, 5.74) is 1.83. The molecule has 0 radical (unpaired) electrons. The summed E-state index contributed by atoms with van der Waals surface area (Å²) in [6, 6.07) is 6.56. The van der Waals surface area contributed by atoms with Gasteiger partial charge in [-0.3, -0.25) is 0 Å². The second kappa shape index (κ2) is 8.34. The van der Waals surface area contributed by atoms with E-state index in [1.807, 2.05) is 0 Å². The Hall–Kier alpha value is -3.08. The van der Waals surface area contributed by atoms with Crippen LogP contribution in [0.15, 0.2) is 36.7 Å². The van der Waals surface area contributed by atoms with Gasteiger partial charge < -0.3 is 19.0 Å². The number of aromatic nitrogens is 2. The van der Waals surface area contributed by atoms with Crippen molar-refractivity contribution in [3.05, 3.63) is 48.0 Å². The van der Waals surface area contributed by atoms with Crippen LogP contribution in [-0.2, 0) is 14.8 Å². The Balaban J connectivity index is 2.02. The van der Waals surface area contributed by atoms with Crippen LogP contribution in [0.25, 0.3) is 10.9 Å². The highest BCUT2D eigenvalue weighted by Gasteiger charge is 2.38. The molecule has 0 aliphatic carbocycles. The molecule has 0 amide bonds. The third-order valence-corrected chi connectivity index (χ3v) is 4.59. The Kier molecular flexibility index (Phi) is 6.01. The molecule has 11 heteroatoms. The van der Waals surface area contributed by atoms with Crippen LogP contribution in [-0.4, -0.2) is 28.1 Å². The van der Waals surface area contributed by atoms with Crippen LogP contribution in [0.2, 0.25) is 0 Å². The second-order valence-electron chi connectivity index (χ2n) is 6.42. The Morgan fingerprint density at radius 2 is 1.93 bits per heavy atom. The van der Waals surface area contributed by atoms with Gasteiger partial charge >= 0.3 is 6.18 Å². The lowest BCUT2D eigenvalue weighted by atomic mass is 10.1. The Morgan fingerprint density at radius 3 is 2.60 bits per heavy atom. The molecule has 1 aromatic heterocycles. The summed E-state index contributed by atoms with van der Waals surface area (Å²) in [6.45, 7) is 2.60. The SMILES string of the molecule is C=[S-](=O)Nc1cc(C)c2c(Nc3ccc(F)cc3OC(C)C(F)(F)F)ncnc2c1. The average molecular weight is 441 g/mol. The van der Waals surface area contributed by atoms with E-state index < -0.39 is 28.7 Å². The Morgan fingerprint density at radius 1 is 1.20 bits per heavy atom. The van der Waals surface area contributed by atoms with Gasteiger partial charge in [-0.25, -0.2) is 14.4 Å². The molecule has 0 fully saturated rings. The smallest absolute Gasteiger partial charge is 0.425 e. The summed E-state index contributed by atoms with van der Waals surface area (Å²) in [5.74, 6) is 2.60. The number of hydrogen-bond donors (Lipinski definition) is 2. The maximum absolute atomic E-state index is 13.6. The van der Waals surface area contributed by atoms with Gasteiger partial charge in [-0.15, -0.1) is 0 Å². The molecule has 3 rings (SSSR count). The van der Waals surface area contributed by atoms with E-state index in [0.29, 0.717) is 22.2 Å². The van der Waals surface area contributed by atoms with E-state index in [0.717, 1.165) is 19.1 Å². The molecule has 0 saturated heterocycles. The molecule has 0 spiro atoms. The highest BCUT2D eigenvalue weighted by Crippen LogP contribution is 2.35. The molecule has 2 aromatic carbocycles. The van der Waals surface area contributed by atoms with E-state index >= 15 is 0 Å². The van der Waals surface area contributed by atoms with Gasteiger partial charge in [0, 0.05) is 17.1 Å². The third-order valence-electron chi connectivity index (χ3n) is 4.13. The lowest BCUT2D eigenvalue weighted by Gasteiger charge is -2.20. The first kappa shape index (κ1) is 21.6. The van der Waals surface area contributed by atoms with Crippen molar-refractivity contribution >= 4 is 44.5 Å². The first-order valence-electron chi connectivity index (χ1n) is 8.58. The summed E-state index contributed by atoms with van der Waals surface area (Å²) >= 11 is 0. The van der Waals surface area contributed by atoms with Gasteiger partial charge in [-0.1, -0.05) is 0 Å². The monoisotopic (exact) mass is 441 g/mol. The fourth-order valence-electron chi connectivity index (χ4n) is 2.76. The lowest BCUT2D eigenvalue weighted by molar-refractivity contribution is -0.189. The summed E-state index contributed by atoms with van der Waals surface area (Å²) in [7, 11) is -1.53. The molecule has 0 bridgehead atoms. The molecule has 1 unspecified atom stereocenters. The fraction of sp³-hybridized carbons (Fsp3) is 0.211. The van der Waals surface area contributed by atoms with E-state index in [9.17, 15) is 21.8 Å². The fourth-order valence-corrected chi connectivity index (χ4v) is 3.14. The predicted molar refractivity (Wildman–Crippen MR) is 109 cm³/mol. The normalized spacial score (nSPS) is 12.8. The number of hydrogen-bond acceptors (Lipinski definition) is 6. The van der Waals surface area contributed by atoms with Gasteiger partial charge in [0.25, 0.3) is 0 Å². The summed E-state index contributed by atoms with van der Waals surface area (Å²) < 4.78 is 71.2. The zero-order valence-corrected chi connectivity index (χ0v) is 16.7. The summed E-state index contributed by atoms with van der Waals surface area (Å²) in [4.78, 5) is 8.34. The van der Waals surface area contributed by atoms with Crippen LogP contribution >= 0.6 is 0 Å². The molecule has 0 aliphatic rings. The van der Waals surface area contributed by atoms with Gasteiger partial charge in [0.05, 0.1) is 11.2 Å². The molecule has 0 saturated carbocycles. The van der Waals surface area contributed by atoms with Gasteiger partial charge in [0.2, 0.25) is 0 Å². The number of ether oxygens (including phenoxy) is 1. The van der Waals surface area contributed by atoms with Crippen LogP contribution in [0.1, 0.15) is 12.5 Å². The highest BCUT2D eigenvalue weighted by atomic mass is 32.2. The Bertz CT molecular complexity index is 1160. The molecule has 2 N–H and O–H groups in total. The molecule has 160 valence electrons. The number of rotatable bonds is 6. The van der Waals surface area contributed by atoms with E-state index in [2.05, 4.69) is 25.9 Å². The number of aryl methyl sites for hydroxylation is 1. The number of benzene rings is 2. The van der Waals surface area contributed by atoms with Gasteiger partial charge in [-0.2, -0.15) is 29.6 Å². The number of halogens is 4. The van der Waals surface area contributed by atoms with Gasteiger partial charge in [-0.05, 0) is 43.7 Å². The first-order valence-corrected chi connectivity index (χ1v) is 9.90. The number of anilines is 3. The van der Waals surface area contributed by atoms with E-state index in [-0.39, 0.29) is 17.3 Å². The maximum Gasteiger partial charge on any atom is 0.425 e. The molecule has 1 atom stereocenters. The first-order chi connectivity index (χ1) is 14.0. The van der Waals surface area contributed by atoms with Crippen LogP contribution in [0.4, 0.5) is 34.8 Å². The van der Waals surface area contributed by atoms with E-state index in [1.165, 1.54) is 12.4 Å². The van der Waals surface area contributed by atoms with Gasteiger partial charge in [0.1, 0.15) is 23.7 Å². The summed E-state index contributed by atoms with van der Waals surface area (Å²) in [6.07, 6.45) is -5.49. The van der Waals surface area contributed by atoms with Crippen molar-refractivity contribution in [2.24, 2.45) is 0 Å². The molecule has 0 aliphatic heterocycles. The Labute approximate surface area is 171 Å². The van der Waals surface area contributed by atoms with Crippen molar-refractivity contribution in [1.29, 1.82) is 0 Å². The maximum atomic E-state index is 13.6. The largest absolute Gasteiger partial charge is 0.479 e. The number of alkyl halides is 3. The quantitative estimate of drug-likeness (QED) is 0.324. The van der Waals surface area contributed by atoms with Crippen molar-refractivity contribution in [3.63, 3.8) is 0 Å². The minimum absolute atomic E-state index is 0.105. The minimum atomic E-state index is -4.61. The highest BCUT2D eigenvalue weighted by molar-refractivity contribution is 7.83. The lowest BCUT2D eigenvalue weighted by Crippen LogP contribution is -2.31. The topological polar surface area (TPSA) is 76.1 Å². The molecular weight excluding hydrogens is 424 g/mol. The van der Waals surface area contributed by atoms with Crippen LogP contribution in [0, 0.1) is 12.7 Å². The second-order valence-corrected chi connectivity index (χ2v) is 7.32. The van der Waals surface area contributed by atoms with Crippen LogP contribution < -0.4 is 14.8 Å². The zero-order valence-electron chi connectivity index (χ0n) is 15.9. The third kappa shape index (κ3) is 4.90. The average Bonchev–Trinajstić information content (AvgIpc) is 2.62. The minimum Gasteiger partial charge on any atom is -0.479 e. The zero-order chi connectivity index (χ0) is 22.1. The predicted octanol–water partition coefficient (Wildman–Crippen LogP) is 4.87. The van der Waals surface area contributed by atoms with Crippen molar-refractivity contribution in [3.8, 4) is 5.75 Å². The van der Waals surface area contributed by atoms with Crippen molar-refractivity contribution in [2.45, 2.75) is 26.1 Å². The number of nitrogens with zero attached hydrogens (tertiary/aromatic N) is 2. The molecule has 30 heavy (non-hydrogen) atoms. The molecule has 3 aromatic rings. The van der Waals surface area contributed by atoms with Crippen LogP contribution in [0.5, 0.6) is 5.75 Å². The van der Waals surface area contributed by atoms with Crippen LogP contribution in [0.3, 0.4) is 0 Å². The van der Waals surface area contributed by atoms with Crippen molar-refractivity contribution in [1.82, 2.24) is 9.97 Å². The van der Waals surface area contributed by atoms with E-state index in [1.54, 1.807) is 19.1 Å². The molecule has 6 nitrogen and oxygen atoms in total. The summed E-state index contributed by atoms with van der Waals surface area (Å²) in [5, 5.41) is 3.48. The van der Waals surface area contributed by atoms with E-state index in [4.69, 9.17) is 4.74 Å². The molecule has 1 heterocycles.